The van der Waals surface area contributed by atoms with Crippen molar-refractivity contribution in [2.75, 3.05) is 26.2 Å². The first-order chi connectivity index (χ1) is 13.3. The van der Waals surface area contributed by atoms with Crippen molar-refractivity contribution in [3.05, 3.63) is 79.6 Å². The molecule has 2 aromatic rings. The van der Waals surface area contributed by atoms with Crippen molar-refractivity contribution in [2.24, 2.45) is 0 Å². The lowest BCUT2D eigenvalue weighted by atomic mass is 10.1. The second-order valence-electron chi connectivity index (χ2n) is 6.45. The molecule has 146 valence electrons. The van der Waals surface area contributed by atoms with E-state index in [2.05, 4.69) is 4.90 Å². The largest absolute Gasteiger partial charge is 0.336 e. The summed E-state index contributed by atoms with van der Waals surface area (Å²) in [6.07, 6.45) is 0. The third kappa shape index (κ3) is 4.46. The Morgan fingerprint density at radius 1 is 0.964 bits per heavy atom. The Morgan fingerprint density at radius 3 is 2.11 bits per heavy atom. The number of carbonyl (C=O) groups is 1. The highest BCUT2D eigenvalue weighted by molar-refractivity contribution is 5.95. The fraction of sp³-hybridized carbons (Fsp3) is 0.278. The molecule has 1 aliphatic rings. The Bertz CT molecular complexity index is 896. The number of halogens is 1. The van der Waals surface area contributed by atoms with E-state index in [-0.39, 0.29) is 11.4 Å². The minimum absolute atomic E-state index is 0.0838. The molecule has 1 heterocycles. The number of nitro benzene ring substituents is 2. The number of piperazine rings is 1. The molecule has 10 heteroatoms. The normalized spacial score (nSPS) is 14.7. The standard InChI is InChI=1S/C18H17FN4O5/c19-15-3-1-2-13(8-15)12-20-4-6-21(7-5-20)18(24)14-9-16(22(25)26)11-17(10-14)23(27)28/h1-3,8-11H,4-7,12H2. The molecule has 9 nitrogen and oxygen atoms in total. The number of nitro groups is 2. The Labute approximate surface area is 159 Å². The third-order valence-corrected chi connectivity index (χ3v) is 4.53. The number of carbonyl (C=O) groups excluding carboxylic acids is 1. The molecule has 0 saturated carbocycles. The second kappa shape index (κ2) is 8.09. The zero-order valence-electron chi connectivity index (χ0n) is 14.8. The number of non-ortho nitro benzene ring substituents is 2. The Balaban J connectivity index is 1.68. The molecule has 2 aromatic carbocycles. The van der Waals surface area contributed by atoms with Gasteiger partial charge in [-0.15, -0.1) is 0 Å². The van der Waals surface area contributed by atoms with E-state index in [0.29, 0.717) is 32.7 Å². The molecular weight excluding hydrogens is 371 g/mol. The lowest BCUT2D eigenvalue weighted by molar-refractivity contribution is -0.394. The molecule has 0 aliphatic carbocycles. The monoisotopic (exact) mass is 388 g/mol. The molecule has 0 bridgehead atoms. The van der Waals surface area contributed by atoms with Crippen molar-refractivity contribution in [2.45, 2.75) is 6.54 Å². The number of nitrogens with zero attached hydrogens (tertiary/aromatic N) is 4. The molecule has 0 N–H and O–H groups in total. The van der Waals surface area contributed by atoms with Crippen LogP contribution in [0.3, 0.4) is 0 Å². The van der Waals surface area contributed by atoms with Gasteiger partial charge in [0.15, 0.2) is 0 Å². The van der Waals surface area contributed by atoms with E-state index in [4.69, 9.17) is 0 Å². The smallest absolute Gasteiger partial charge is 0.277 e. The number of rotatable bonds is 5. The van der Waals surface area contributed by atoms with Crippen molar-refractivity contribution in [1.82, 2.24) is 9.80 Å². The fourth-order valence-electron chi connectivity index (χ4n) is 3.11. The lowest BCUT2D eigenvalue weighted by Gasteiger charge is -2.34. The predicted molar refractivity (Wildman–Crippen MR) is 97.3 cm³/mol. The maximum Gasteiger partial charge on any atom is 0.277 e. The molecule has 1 aliphatic heterocycles. The van der Waals surface area contributed by atoms with Crippen molar-refractivity contribution in [1.29, 1.82) is 0 Å². The van der Waals surface area contributed by atoms with Gasteiger partial charge in [-0.2, -0.15) is 0 Å². The molecule has 0 unspecified atom stereocenters. The molecule has 0 radical (unpaired) electrons. The van der Waals surface area contributed by atoms with Crippen molar-refractivity contribution in [3.63, 3.8) is 0 Å². The van der Waals surface area contributed by atoms with Crippen LogP contribution in [0.5, 0.6) is 0 Å². The van der Waals surface area contributed by atoms with E-state index in [1.807, 2.05) is 6.07 Å². The number of hydrogen-bond acceptors (Lipinski definition) is 6. The summed E-state index contributed by atoms with van der Waals surface area (Å²) in [5.41, 5.74) is -0.252. The molecule has 0 atom stereocenters. The maximum absolute atomic E-state index is 13.3. The predicted octanol–water partition coefficient (Wildman–Crippen LogP) is 2.60. The number of amides is 1. The van der Waals surface area contributed by atoms with Gasteiger partial charge in [0, 0.05) is 44.9 Å². The topological polar surface area (TPSA) is 110 Å². The Kier molecular flexibility index (Phi) is 5.59. The van der Waals surface area contributed by atoms with Gasteiger partial charge in [0.05, 0.1) is 21.5 Å². The van der Waals surface area contributed by atoms with Gasteiger partial charge in [0.25, 0.3) is 17.3 Å². The Morgan fingerprint density at radius 2 is 1.57 bits per heavy atom. The van der Waals surface area contributed by atoms with Crippen LogP contribution in [0.4, 0.5) is 15.8 Å². The van der Waals surface area contributed by atoms with Gasteiger partial charge in [0.2, 0.25) is 0 Å². The average molecular weight is 388 g/mol. The van der Waals surface area contributed by atoms with Gasteiger partial charge in [0.1, 0.15) is 5.82 Å². The van der Waals surface area contributed by atoms with Crippen LogP contribution in [-0.2, 0) is 6.54 Å². The first kappa shape index (κ1) is 19.4. The van der Waals surface area contributed by atoms with Gasteiger partial charge in [-0.25, -0.2) is 4.39 Å². The molecule has 1 saturated heterocycles. The lowest BCUT2D eigenvalue weighted by Crippen LogP contribution is -2.48. The first-order valence-corrected chi connectivity index (χ1v) is 8.53. The van der Waals surface area contributed by atoms with E-state index in [1.165, 1.54) is 17.0 Å². The molecule has 0 aromatic heterocycles. The zero-order chi connectivity index (χ0) is 20.3. The van der Waals surface area contributed by atoms with Crippen LogP contribution in [0.2, 0.25) is 0 Å². The summed E-state index contributed by atoms with van der Waals surface area (Å²) in [6.45, 7) is 2.36. The van der Waals surface area contributed by atoms with E-state index in [1.54, 1.807) is 6.07 Å². The van der Waals surface area contributed by atoms with Crippen molar-refractivity contribution in [3.8, 4) is 0 Å². The summed E-state index contributed by atoms with van der Waals surface area (Å²) in [5, 5.41) is 22.0. The van der Waals surface area contributed by atoms with Crippen LogP contribution in [0.1, 0.15) is 15.9 Å². The minimum atomic E-state index is -0.763. The summed E-state index contributed by atoms with van der Waals surface area (Å²) in [6, 6.07) is 9.22. The van der Waals surface area contributed by atoms with Gasteiger partial charge < -0.3 is 4.90 Å². The summed E-state index contributed by atoms with van der Waals surface area (Å²) in [4.78, 5) is 36.7. The highest BCUT2D eigenvalue weighted by Gasteiger charge is 2.26. The SMILES string of the molecule is O=C(c1cc([N+](=O)[O-])cc([N+](=O)[O-])c1)N1CCN(Cc2cccc(F)c2)CC1. The second-order valence-corrected chi connectivity index (χ2v) is 6.45. The first-order valence-electron chi connectivity index (χ1n) is 8.53. The van der Waals surface area contributed by atoms with Crippen LogP contribution >= 0.6 is 0 Å². The van der Waals surface area contributed by atoms with Crippen molar-refractivity contribution >= 4 is 17.3 Å². The molecule has 1 fully saturated rings. The molecule has 28 heavy (non-hydrogen) atoms. The molecule has 1 amide bonds. The van der Waals surface area contributed by atoms with E-state index in [9.17, 15) is 29.4 Å². The van der Waals surface area contributed by atoms with E-state index < -0.39 is 27.1 Å². The minimum Gasteiger partial charge on any atom is -0.336 e. The number of hydrogen-bond donors (Lipinski definition) is 0. The highest BCUT2D eigenvalue weighted by atomic mass is 19.1. The highest BCUT2D eigenvalue weighted by Crippen LogP contribution is 2.24. The fourth-order valence-corrected chi connectivity index (χ4v) is 3.11. The summed E-state index contributed by atoms with van der Waals surface area (Å²) in [5.74, 6) is -0.796. The summed E-state index contributed by atoms with van der Waals surface area (Å²) in [7, 11) is 0. The van der Waals surface area contributed by atoms with E-state index in [0.717, 1.165) is 23.8 Å². The summed E-state index contributed by atoms with van der Waals surface area (Å²) < 4.78 is 13.3. The van der Waals surface area contributed by atoms with Gasteiger partial charge in [-0.3, -0.25) is 29.9 Å². The van der Waals surface area contributed by atoms with Gasteiger partial charge in [-0.1, -0.05) is 12.1 Å². The van der Waals surface area contributed by atoms with Gasteiger partial charge >= 0.3 is 0 Å². The van der Waals surface area contributed by atoms with E-state index >= 15 is 0 Å². The third-order valence-electron chi connectivity index (χ3n) is 4.53. The van der Waals surface area contributed by atoms with Crippen LogP contribution in [-0.4, -0.2) is 51.7 Å². The van der Waals surface area contributed by atoms with Gasteiger partial charge in [-0.05, 0) is 17.7 Å². The van der Waals surface area contributed by atoms with Crippen LogP contribution in [0, 0.1) is 26.0 Å². The molecule has 0 spiro atoms. The quantitative estimate of drug-likeness (QED) is 0.575. The number of benzene rings is 2. The van der Waals surface area contributed by atoms with Crippen molar-refractivity contribution < 1.29 is 19.0 Å². The molecule has 3 rings (SSSR count). The van der Waals surface area contributed by atoms with Crippen LogP contribution in [0.25, 0.3) is 0 Å². The zero-order valence-corrected chi connectivity index (χ0v) is 14.8. The summed E-state index contributed by atoms with van der Waals surface area (Å²) >= 11 is 0. The average Bonchev–Trinajstić information content (AvgIpc) is 2.67. The van der Waals surface area contributed by atoms with Crippen LogP contribution in [0.15, 0.2) is 42.5 Å². The van der Waals surface area contributed by atoms with Crippen LogP contribution < -0.4 is 0 Å². The molecular formula is C18H17FN4O5. The Hall–Kier alpha value is -3.40. The maximum atomic E-state index is 13.3.